The van der Waals surface area contributed by atoms with Crippen LogP contribution >= 0.6 is 11.6 Å². The van der Waals surface area contributed by atoms with Gasteiger partial charge < -0.3 is 0 Å². The predicted octanol–water partition coefficient (Wildman–Crippen LogP) is 5.29. The van der Waals surface area contributed by atoms with E-state index in [4.69, 9.17) is 11.6 Å². The largest absolute Gasteiger partial charge is 0.278 e. The lowest BCUT2D eigenvalue weighted by molar-refractivity contribution is 0.177. The lowest BCUT2D eigenvalue weighted by Crippen LogP contribution is -2.26. The van der Waals surface area contributed by atoms with Gasteiger partial charge in [0.05, 0.1) is 11.7 Å². The summed E-state index contributed by atoms with van der Waals surface area (Å²) < 4.78 is 0. The summed E-state index contributed by atoms with van der Waals surface area (Å²) in [5.41, 5.74) is 2.87. The number of nitrogens with one attached hydrogen (secondary N) is 1. The maximum absolute atomic E-state index is 6.27. The molecule has 1 fully saturated rings. The molecule has 1 aliphatic rings. The van der Waals surface area contributed by atoms with E-state index in [0.717, 1.165) is 15.9 Å². The minimum absolute atomic E-state index is 0.390. The van der Waals surface area contributed by atoms with E-state index in [1.807, 2.05) is 12.3 Å². The summed E-state index contributed by atoms with van der Waals surface area (Å²) >= 11 is 6.27. The zero-order valence-corrected chi connectivity index (χ0v) is 12.4. The van der Waals surface area contributed by atoms with E-state index >= 15 is 0 Å². The van der Waals surface area contributed by atoms with Crippen LogP contribution in [0.25, 0.3) is 10.9 Å². The number of halogens is 1. The van der Waals surface area contributed by atoms with Crippen molar-refractivity contribution in [2.75, 3.05) is 0 Å². The molecule has 3 rings (SSSR count). The van der Waals surface area contributed by atoms with Crippen LogP contribution in [0, 0.1) is 5.41 Å². The Balaban J connectivity index is 2.05. The SMILES string of the molecule is CC(c1cc(Cl)cc2cn[nH]c12)C1(C)CCCCC1. The fourth-order valence-electron chi connectivity index (χ4n) is 3.56. The molecule has 0 spiro atoms. The number of aromatic amines is 1. The molecule has 19 heavy (non-hydrogen) atoms. The molecule has 2 nitrogen and oxygen atoms in total. The first-order chi connectivity index (χ1) is 9.10. The van der Waals surface area contributed by atoms with Crippen molar-refractivity contribution in [3.8, 4) is 0 Å². The third kappa shape index (κ3) is 2.27. The van der Waals surface area contributed by atoms with Gasteiger partial charge >= 0.3 is 0 Å². The normalized spacial score (nSPS) is 20.6. The average Bonchev–Trinajstić information content (AvgIpc) is 2.85. The summed E-state index contributed by atoms with van der Waals surface area (Å²) in [7, 11) is 0. The van der Waals surface area contributed by atoms with Crippen LogP contribution in [0.3, 0.4) is 0 Å². The number of hydrogen-bond acceptors (Lipinski definition) is 1. The Bertz CT molecular complexity index is 581. The van der Waals surface area contributed by atoms with Crippen molar-refractivity contribution in [1.29, 1.82) is 0 Å². The first kappa shape index (κ1) is 13.0. The van der Waals surface area contributed by atoms with Gasteiger partial charge in [0, 0.05) is 10.4 Å². The third-order valence-electron chi connectivity index (χ3n) is 5.05. The molecule has 3 heteroatoms. The highest BCUT2D eigenvalue weighted by Crippen LogP contribution is 2.48. The van der Waals surface area contributed by atoms with Crippen LogP contribution in [-0.4, -0.2) is 10.2 Å². The number of benzene rings is 1. The minimum atomic E-state index is 0.390. The van der Waals surface area contributed by atoms with Crippen LogP contribution in [0.4, 0.5) is 0 Å². The Hall–Kier alpha value is -1.02. The van der Waals surface area contributed by atoms with Gasteiger partial charge in [-0.1, -0.05) is 44.7 Å². The van der Waals surface area contributed by atoms with Gasteiger partial charge in [-0.3, -0.25) is 5.10 Å². The van der Waals surface area contributed by atoms with Crippen molar-refractivity contribution in [3.63, 3.8) is 0 Å². The molecule has 0 bridgehead atoms. The maximum Gasteiger partial charge on any atom is 0.0686 e. The molecule has 1 atom stereocenters. The monoisotopic (exact) mass is 276 g/mol. The molecule has 2 aromatic rings. The predicted molar refractivity (Wildman–Crippen MR) is 80.7 cm³/mol. The minimum Gasteiger partial charge on any atom is -0.278 e. The van der Waals surface area contributed by atoms with Crippen LogP contribution < -0.4 is 0 Å². The van der Waals surface area contributed by atoms with Gasteiger partial charge in [0.25, 0.3) is 0 Å². The van der Waals surface area contributed by atoms with E-state index in [0.29, 0.717) is 11.3 Å². The van der Waals surface area contributed by atoms with Gasteiger partial charge in [-0.25, -0.2) is 0 Å². The topological polar surface area (TPSA) is 28.7 Å². The standard InChI is InChI=1S/C16H21ClN2/c1-11(16(2)6-4-3-5-7-16)14-9-13(17)8-12-10-18-19-15(12)14/h8-11H,3-7H2,1-2H3,(H,18,19). The Morgan fingerprint density at radius 1 is 1.26 bits per heavy atom. The maximum atomic E-state index is 6.27. The van der Waals surface area contributed by atoms with Crippen molar-refractivity contribution in [2.24, 2.45) is 5.41 Å². The second-order valence-electron chi connectivity index (χ2n) is 6.27. The van der Waals surface area contributed by atoms with Crippen LogP contribution in [0.2, 0.25) is 5.02 Å². The molecule has 0 radical (unpaired) electrons. The van der Waals surface area contributed by atoms with E-state index in [-0.39, 0.29) is 0 Å². The van der Waals surface area contributed by atoms with E-state index in [1.54, 1.807) is 0 Å². The number of nitrogens with zero attached hydrogens (tertiary/aromatic N) is 1. The second kappa shape index (κ2) is 4.82. The van der Waals surface area contributed by atoms with Crippen LogP contribution in [0.1, 0.15) is 57.4 Å². The van der Waals surface area contributed by atoms with Gasteiger partial charge in [0.1, 0.15) is 0 Å². The van der Waals surface area contributed by atoms with Crippen molar-refractivity contribution in [3.05, 3.63) is 28.9 Å². The summed E-state index contributed by atoms with van der Waals surface area (Å²) in [5.74, 6) is 0.509. The summed E-state index contributed by atoms with van der Waals surface area (Å²) in [4.78, 5) is 0. The molecule has 1 N–H and O–H groups in total. The van der Waals surface area contributed by atoms with Gasteiger partial charge in [0.2, 0.25) is 0 Å². The summed E-state index contributed by atoms with van der Waals surface area (Å²) in [6.45, 7) is 4.77. The molecule has 0 amide bonds. The van der Waals surface area contributed by atoms with Gasteiger partial charge in [-0.05, 0) is 41.9 Å². The highest BCUT2D eigenvalue weighted by Gasteiger charge is 2.34. The third-order valence-corrected chi connectivity index (χ3v) is 5.27. The summed E-state index contributed by atoms with van der Waals surface area (Å²) in [6, 6.07) is 4.10. The fourth-order valence-corrected chi connectivity index (χ4v) is 3.79. The van der Waals surface area contributed by atoms with Crippen molar-refractivity contribution in [2.45, 2.75) is 51.9 Å². The molecule has 1 saturated carbocycles. The Labute approximate surface area is 119 Å². The number of hydrogen-bond donors (Lipinski definition) is 1. The quantitative estimate of drug-likeness (QED) is 0.793. The second-order valence-corrected chi connectivity index (χ2v) is 6.70. The Morgan fingerprint density at radius 3 is 2.74 bits per heavy atom. The number of H-pyrrole nitrogens is 1. The Kier molecular flexibility index (Phi) is 3.30. The summed E-state index contributed by atoms with van der Waals surface area (Å²) in [5, 5.41) is 9.25. The first-order valence-electron chi connectivity index (χ1n) is 7.23. The molecule has 1 aromatic carbocycles. The summed E-state index contributed by atoms with van der Waals surface area (Å²) in [6.07, 6.45) is 8.59. The Morgan fingerprint density at radius 2 is 2.00 bits per heavy atom. The van der Waals surface area contributed by atoms with E-state index in [2.05, 4.69) is 30.1 Å². The lowest BCUT2D eigenvalue weighted by atomic mass is 9.65. The highest BCUT2D eigenvalue weighted by atomic mass is 35.5. The van der Waals surface area contributed by atoms with Gasteiger partial charge in [-0.2, -0.15) is 5.10 Å². The smallest absolute Gasteiger partial charge is 0.0686 e. The number of rotatable bonds is 2. The number of fused-ring (bicyclic) bond motifs is 1. The lowest BCUT2D eigenvalue weighted by Gasteiger charge is -2.39. The van der Waals surface area contributed by atoms with Crippen molar-refractivity contribution in [1.82, 2.24) is 10.2 Å². The molecule has 1 unspecified atom stereocenters. The fraction of sp³-hybridized carbons (Fsp3) is 0.562. The first-order valence-corrected chi connectivity index (χ1v) is 7.60. The average molecular weight is 277 g/mol. The molecule has 0 aliphatic heterocycles. The molecular weight excluding hydrogens is 256 g/mol. The van der Waals surface area contributed by atoms with E-state index in [9.17, 15) is 0 Å². The number of aromatic nitrogens is 2. The molecular formula is C16H21ClN2. The van der Waals surface area contributed by atoms with E-state index in [1.165, 1.54) is 37.7 Å². The molecule has 0 saturated heterocycles. The van der Waals surface area contributed by atoms with E-state index < -0.39 is 0 Å². The molecule has 1 aromatic heterocycles. The molecule has 1 heterocycles. The molecule has 1 aliphatic carbocycles. The van der Waals surface area contributed by atoms with Crippen LogP contribution in [0.15, 0.2) is 18.3 Å². The zero-order valence-electron chi connectivity index (χ0n) is 11.7. The van der Waals surface area contributed by atoms with Crippen molar-refractivity contribution >= 4 is 22.5 Å². The molecule has 102 valence electrons. The highest BCUT2D eigenvalue weighted by molar-refractivity contribution is 6.31. The van der Waals surface area contributed by atoms with Gasteiger partial charge in [-0.15, -0.1) is 0 Å². The van der Waals surface area contributed by atoms with Gasteiger partial charge in [0.15, 0.2) is 0 Å². The van der Waals surface area contributed by atoms with Crippen LogP contribution in [0.5, 0.6) is 0 Å². The zero-order chi connectivity index (χ0) is 13.5. The van der Waals surface area contributed by atoms with Crippen molar-refractivity contribution < 1.29 is 0 Å². The van der Waals surface area contributed by atoms with Crippen LogP contribution in [-0.2, 0) is 0 Å².